The van der Waals surface area contributed by atoms with E-state index in [2.05, 4.69) is 15.1 Å². The third kappa shape index (κ3) is 6.85. The van der Waals surface area contributed by atoms with Gasteiger partial charge in [0.15, 0.2) is 5.82 Å². The lowest BCUT2D eigenvalue weighted by Crippen LogP contribution is -2.45. The predicted molar refractivity (Wildman–Crippen MR) is 135 cm³/mol. The number of halogens is 2. The molecule has 0 N–H and O–H groups in total. The van der Waals surface area contributed by atoms with Crippen molar-refractivity contribution in [1.29, 1.82) is 0 Å². The van der Waals surface area contributed by atoms with Crippen molar-refractivity contribution in [3.63, 3.8) is 0 Å². The van der Waals surface area contributed by atoms with Crippen LogP contribution in [0.4, 0.5) is 14.6 Å². The number of amides is 2. The fraction of sp³-hybridized carbons (Fsp3) is 0.333. The standard InChI is InChI=1S/C27H29F2N5O3/c1-37-18-17-34(27(36)21-5-9-23(29)10-6-21)19-26(35)33-14-2-13-32(15-16-33)25-12-11-24(30-31-25)20-3-7-22(28)8-4-20/h3-12H,2,13-19H2,1H3. The van der Waals surface area contributed by atoms with Gasteiger partial charge in [-0.25, -0.2) is 8.78 Å². The molecule has 37 heavy (non-hydrogen) atoms. The molecule has 1 saturated heterocycles. The van der Waals surface area contributed by atoms with Gasteiger partial charge >= 0.3 is 0 Å². The van der Waals surface area contributed by atoms with E-state index in [4.69, 9.17) is 4.74 Å². The maximum absolute atomic E-state index is 13.3. The lowest BCUT2D eigenvalue weighted by atomic mass is 10.1. The highest BCUT2D eigenvalue weighted by atomic mass is 19.1. The van der Waals surface area contributed by atoms with Crippen LogP contribution in [-0.2, 0) is 9.53 Å². The molecule has 1 aliphatic rings. The summed E-state index contributed by atoms with van der Waals surface area (Å²) in [4.78, 5) is 31.4. The molecule has 8 nitrogen and oxygen atoms in total. The molecule has 0 unspecified atom stereocenters. The summed E-state index contributed by atoms with van der Waals surface area (Å²) < 4.78 is 31.6. The van der Waals surface area contributed by atoms with Gasteiger partial charge in [-0.05, 0) is 67.1 Å². The summed E-state index contributed by atoms with van der Waals surface area (Å²) in [5, 5.41) is 8.63. The minimum absolute atomic E-state index is 0.0915. The number of methoxy groups -OCH3 is 1. The summed E-state index contributed by atoms with van der Waals surface area (Å²) in [5.74, 6) is -0.545. The molecule has 2 heterocycles. The number of carbonyl (C=O) groups excluding carboxylic acids is 2. The first kappa shape index (κ1) is 26.2. The third-order valence-corrected chi connectivity index (χ3v) is 6.23. The van der Waals surface area contributed by atoms with E-state index in [0.29, 0.717) is 43.3 Å². The van der Waals surface area contributed by atoms with Gasteiger partial charge in [0, 0.05) is 51.0 Å². The van der Waals surface area contributed by atoms with Gasteiger partial charge in [-0.15, -0.1) is 10.2 Å². The average Bonchev–Trinajstić information content (AvgIpc) is 3.18. The molecule has 0 saturated carbocycles. The maximum atomic E-state index is 13.3. The van der Waals surface area contributed by atoms with E-state index in [1.165, 1.54) is 48.4 Å². The molecule has 0 bridgehead atoms. The Bertz CT molecular complexity index is 1190. The van der Waals surface area contributed by atoms with Crippen LogP contribution in [-0.4, -0.2) is 84.8 Å². The Morgan fingerprint density at radius 1 is 0.892 bits per heavy atom. The second kappa shape index (κ2) is 12.4. The normalized spacial score (nSPS) is 13.8. The van der Waals surface area contributed by atoms with Crippen LogP contribution in [0.25, 0.3) is 11.3 Å². The van der Waals surface area contributed by atoms with E-state index in [1.54, 1.807) is 17.0 Å². The lowest BCUT2D eigenvalue weighted by Gasteiger charge is -2.27. The predicted octanol–water partition coefficient (Wildman–Crippen LogP) is 3.25. The van der Waals surface area contributed by atoms with Gasteiger partial charge in [0.2, 0.25) is 5.91 Å². The van der Waals surface area contributed by atoms with Gasteiger partial charge in [0.1, 0.15) is 18.2 Å². The molecular formula is C27H29F2N5O3. The monoisotopic (exact) mass is 509 g/mol. The molecule has 2 amide bonds. The van der Waals surface area contributed by atoms with Gasteiger partial charge in [0.05, 0.1) is 12.3 Å². The summed E-state index contributed by atoms with van der Waals surface area (Å²) in [6, 6.07) is 15.1. The van der Waals surface area contributed by atoms with Gasteiger partial charge in [-0.3, -0.25) is 9.59 Å². The van der Waals surface area contributed by atoms with Crippen LogP contribution in [0, 0.1) is 11.6 Å². The molecule has 0 aliphatic carbocycles. The zero-order valence-electron chi connectivity index (χ0n) is 20.6. The quantitative estimate of drug-likeness (QED) is 0.464. The van der Waals surface area contributed by atoms with Crippen LogP contribution in [0.3, 0.4) is 0 Å². The first-order chi connectivity index (χ1) is 17.9. The number of hydrogen-bond acceptors (Lipinski definition) is 6. The van der Waals surface area contributed by atoms with E-state index in [9.17, 15) is 18.4 Å². The molecule has 0 atom stereocenters. The van der Waals surface area contributed by atoms with Crippen molar-refractivity contribution in [2.24, 2.45) is 0 Å². The minimum Gasteiger partial charge on any atom is -0.383 e. The number of ether oxygens (including phenoxy) is 1. The molecule has 3 aromatic rings. The average molecular weight is 510 g/mol. The highest BCUT2D eigenvalue weighted by Crippen LogP contribution is 2.20. The molecule has 4 rings (SSSR count). The van der Waals surface area contributed by atoms with Crippen LogP contribution in [0.2, 0.25) is 0 Å². The van der Waals surface area contributed by atoms with Crippen LogP contribution in [0.15, 0.2) is 60.7 Å². The first-order valence-corrected chi connectivity index (χ1v) is 12.1. The van der Waals surface area contributed by atoms with Crippen LogP contribution >= 0.6 is 0 Å². The fourth-order valence-corrected chi connectivity index (χ4v) is 4.16. The smallest absolute Gasteiger partial charge is 0.254 e. The highest BCUT2D eigenvalue weighted by molar-refractivity contribution is 5.96. The Kier molecular flexibility index (Phi) is 8.73. The van der Waals surface area contributed by atoms with Gasteiger partial charge < -0.3 is 19.4 Å². The van der Waals surface area contributed by atoms with E-state index >= 15 is 0 Å². The highest BCUT2D eigenvalue weighted by Gasteiger charge is 2.24. The number of benzene rings is 2. The summed E-state index contributed by atoms with van der Waals surface area (Å²) >= 11 is 0. The van der Waals surface area contributed by atoms with E-state index in [0.717, 1.165) is 12.0 Å². The van der Waals surface area contributed by atoms with E-state index < -0.39 is 5.82 Å². The first-order valence-electron chi connectivity index (χ1n) is 12.1. The van der Waals surface area contributed by atoms with Crippen molar-refractivity contribution in [2.75, 3.05) is 57.9 Å². The molecule has 0 spiro atoms. The van der Waals surface area contributed by atoms with Crippen LogP contribution in [0.5, 0.6) is 0 Å². The Morgan fingerprint density at radius 3 is 2.24 bits per heavy atom. The maximum Gasteiger partial charge on any atom is 0.254 e. The van der Waals surface area contributed by atoms with Gasteiger partial charge in [-0.1, -0.05) is 0 Å². The number of rotatable bonds is 8. The molecule has 2 aromatic carbocycles. The zero-order valence-corrected chi connectivity index (χ0v) is 20.6. The van der Waals surface area contributed by atoms with Gasteiger partial charge in [-0.2, -0.15) is 0 Å². The van der Waals surface area contributed by atoms with Crippen LogP contribution < -0.4 is 4.90 Å². The molecule has 1 aliphatic heterocycles. The summed E-state index contributed by atoms with van der Waals surface area (Å²) in [6.07, 6.45) is 0.733. The molecule has 0 radical (unpaired) electrons. The number of aromatic nitrogens is 2. The summed E-state index contributed by atoms with van der Waals surface area (Å²) in [5.41, 5.74) is 1.74. The lowest BCUT2D eigenvalue weighted by molar-refractivity contribution is -0.131. The summed E-state index contributed by atoms with van der Waals surface area (Å²) in [6.45, 7) is 2.74. The van der Waals surface area contributed by atoms with Crippen LogP contribution in [0.1, 0.15) is 16.8 Å². The van der Waals surface area contributed by atoms with Crippen molar-refractivity contribution in [1.82, 2.24) is 20.0 Å². The Morgan fingerprint density at radius 2 is 1.59 bits per heavy atom. The number of hydrogen-bond donors (Lipinski definition) is 0. The van der Waals surface area contributed by atoms with Crippen molar-refractivity contribution in [2.45, 2.75) is 6.42 Å². The number of nitrogens with zero attached hydrogens (tertiary/aromatic N) is 5. The molecule has 194 valence electrons. The fourth-order valence-electron chi connectivity index (χ4n) is 4.16. The molecule has 1 aromatic heterocycles. The minimum atomic E-state index is -0.431. The van der Waals surface area contributed by atoms with Crippen molar-refractivity contribution in [3.8, 4) is 11.3 Å². The SMILES string of the molecule is COCCN(CC(=O)N1CCCN(c2ccc(-c3ccc(F)cc3)nn2)CC1)C(=O)c1ccc(F)cc1. The summed E-state index contributed by atoms with van der Waals surface area (Å²) in [7, 11) is 1.53. The second-order valence-corrected chi connectivity index (χ2v) is 8.73. The number of anilines is 1. The van der Waals surface area contributed by atoms with Crippen molar-refractivity contribution < 1.29 is 23.1 Å². The largest absolute Gasteiger partial charge is 0.383 e. The molecule has 1 fully saturated rings. The molecular weight excluding hydrogens is 480 g/mol. The third-order valence-electron chi connectivity index (χ3n) is 6.23. The zero-order chi connectivity index (χ0) is 26.2. The topological polar surface area (TPSA) is 78.9 Å². The Labute approximate surface area is 214 Å². The van der Waals surface area contributed by atoms with Gasteiger partial charge in [0.25, 0.3) is 5.91 Å². The molecule has 10 heteroatoms. The van der Waals surface area contributed by atoms with Crippen molar-refractivity contribution >= 4 is 17.6 Å². The van der Waals surface area contributed by atoms with E-state index in [-0.39, 0.29) is 37.3 Å². The van der Waals surface area contributed by atoms with Crippen molar-refractivity contribution in [3.05, 3.63) is 77.9 Å². The Hall–Kier alpha value is -3.92. The second-order valence-electron chi connectivity index (χ2n) is 8.73. The number of carbonyl (C=O) groups is 2. The Balaban J connectivity index is 1.37. The van der Waals surface area contributed by atoms with E-state index in [1.807, 2.05) is 12.1 Å².